The van der Waals surface area contributed by atoms with E-state index in [2.05, 4.69) is 27.3 Å². The topological polar surface area (TPSA) is 103 Å². The van der Waals surface area contributed by atoms with Crippen molar-refractivity contribution >= 4 is 23.1 Å². The molecule has 8 nitrogen and oxygen atoms in total. The van der Waals surface area contributed by atoms with E-state index in [1.807, 2.05) is 30.3 Å². The second kappa shape index (κ2) is 8.27. The van der Waals surface area contributed by atoms with Gasteiger partial charge in [-0.15, -0.1) is 0 Å². The molecule has 1 amide bonds. The molecule has 0 unspecified atom stereocenters. The number of carbonyl (C=O) groups is 1. The quantitative estimate of drug-likeness (QED) is 0.696. The molecule has 0 bridgehead atoms. The van der Waals surface area contributed by atoms with Gasteiger partial charge in [-0.1, -0.05) is 12.1 Å². The normalized spacial score (nSPS) is 14.3. The lowest BCUT2D eigenvalue weighted by Crippen LogP contribution is -2.45. The van der Waals surface area contributed by atoms with E-state index in [-0.39, 0.29) is 11.7 Å². The number of piperazine rings is 1. The fourth-order valence-corrected chi connectivity index (χ4v) is 3.52. The van der Waals surface area contributed by atoms with Gasteiger partial charge in [-0.25, -0.2) is 4.68 Å². The first-order valence-electron chi connectivity index (χ1n) is 9.74. The Morgan fingerprint density at radius 2 is 1.80 bits per heavy atom. The molecular formula is C22H23N7O. The van der Waals surface area contributed by atoms with Crippen LogP contribution in [0.3, 0.4) is 0 Å². The number of para-hydroxylation sites is 1. The third-order valence-corrected chi connectivity index (χ3v) is 5.29. The van der Waals surface area contributed by atoms with Gasteiger partial charge in [0.2, 0.25) is 0 Å². The van der Waals surface area contributed by atoms with Gasteiger partial charge in [0.1, 0.15) is 17.5 Å². The Kier molecular flexibility index (Phi) is 5.37. The molecular weight excluding hydrogens is 378 g/mol. The summed E-state index contributed by atoms with van der Waals surface area (Å²) >= 11 is 0. The molecule has 1 aromatic heterocycles. The van der Waals surface area contributed by atoms with Crippen molar-refractivity contribution in [2.45, 2.75) is 0 Å². The van der Waals surface area contributed by atoms with Gasteiger partial charge in [-0.05, 0) is 43.4 Å². The van der Waals surface area contributed by atoms with Crippen LogP contribution < -0.4 is 16.0 Å². The van der Waals surface area contributed by atoms with Crippen molar-refractivity contribution in [1.82, 2.24) is 14.7 Å². The minimum atomic E-state index is -0.150. The average molecular weight is 401 g/mol. The molecule has 152 valence electrons. The zero-order valence-corrected chi connectivity index (χ0v) is 16.7. The van der Waals surface area contributed by atoms with Gasteiger partial charge in [-0.3, -0.25) is 4.79 Å². The second-order valence-corrected chi connectivity index (χ2v) is 7.28. The van der Waals surface area contributed by atoms with Crippen LogP contribution in [-0.4, -0.2) is 53.8 Å². The summed E-state index contributed by atoms with van der Waals surface area (Å²) in [5, 5.41) is 16.1. The zero-order chi connectivity index (χ0) is 21.1. The fraction of sp³-hybridized carbons (Fsp3) is 0.227. The summed E-state index contributed by atoms with van der Waals surface area (Å²) in [5.74, 6) is 0.137. The number of hydrogen-bond acceptors (Lipinski definition) is 6. The van der Waals surface area contributed by atoms with Crippen LogP contribution in [0, 0.1) is 11.3 Å². The van der Waals surface area contributed by atoms with Crippen molar-refractivity contribution in [1.29, 1.82) is 5.26 Å². The Balaban J connectivity index is 1.51. The highest BCUT2D eigenvalue weighted by Crippen LogP contribution is 2.24. The number of likely N-dealkylation sites (N-methyl/N-ethyl adjacent to an activating group) is 1. The Bertz CT molecular complexity index is 1090. The molecule has 4 rings (SSSR count). The maximum atomic E-state index is 13.0. The molecule has 8 heteroatoms. The number of nitrogens with one attached hydrogen (secondary N) is 1. The molecule has 30 heavy (non-hydrogen) atoms. The van der Waals surface area contributed by atoms with E-state index in [0.717, 1.165) is 31.9 Å². The SMILES string of the molecule is CN1CCN(c2ccccc2C(=O)Nc2ccc(-n3ncc(C#N)c3N)cc2)CC1. The number of nitrogens with zero attached hydrogens (tertiary/aromatic N) is 5. The van der Waals surface area contributed by atoms with Crippen molar-refractivity contribution in [3.8, 4) is 11.8 Å². The molecule has 3 N–H and O–H groups in total. The third-order valence-electron chi connectivity index (χ3n) is 5.29. The molecule has 2 aromatic carbocycles. The molecule has 2 heterocycles. The smallest absolute Gasteiger partial charge is 0.257 e. The number of rotatable bonds is 4. The first-order valence-corrected chi connectivity index (χ1v) is 9.74. The van der Waals surface area contributed by atoms with Gasteiger partial charge >= 0.3 is 0 Å². The largest absolute Gasteiger partial charge is 0.382 e. The second-order valence-electron chi connectivity index (χ2n) is 7.28. The lowest BCUT2D eigenvalue weighted by atomic mass is 10.1. The molecule has 3 aromatic rings. The maximum absolute atomic E-state index is 13.0. The van der Waals surface area contributed by atoms with Crippen molar-refractivity contribution in [3.05, 3.63) is 65.9 Å². The lowest BCUT2D eigenvalue weighted by Gasteiger charge is -2.35. The van der Waals surface area contributed by atoms with Gasteiger partial charge in [0.25, 0.3) is 5.91 Å². The highest BCUT2D eigenvalue weighted by atomic mass is 16.1. The van der Waals surface area contributed by atoms with E-state index in [9.17, 15) is 4.79 Å². The van der Waals surface area contributed by atoms with Gasteiger partial charge < -0.3 is 20.9 Å². The van der Waals surface area contributed by atoms with Crippen LogP contribution >= 0.6 is 0 Å². The fourth-order valence-electron chi connectivity index (χ4n) is 3.52. The first kappa shape index (κ1) is 19.5. The Morgan fingerprint density at radius 1 is 1.10 bits per heavy atom. The summed E-state index contributed by atoms with van der Waals surface area (Å²) in [6.07, 6.45) is 1.43. The molecule has 1 fully saturated rings. The monoisotopic (exact) mass is 401 g/mol. The Hall–Kier alpha value is -3.83. The highest BCUT2D eigenvalue weighted by molar-refractivity contribution is 6.08. The number of hydrogen-bond donors (Lipinski definition) is 2. The molecule has 0 saturated carbocycles. The van der Waals surface area contributed by atoms with Crippen LogP contribution in [0.1, 0.15) is 15.9 Å². The minimum Gasteiger partial charge on any atom is -0.382 e. The number of amides is 1. The van der Waals surface area contributed by atoms with Crippen LogP contribution in [0.5, 0.6) is 0 Å². The summed E-state index contributed by atoms with van der Waals surface area (Å²) in [6.45, 7) is 3.74. The standard InChI is InChI=1S/C22H23N7O/c1-27-10-12-28(13-11-27)20-5-3-2-4-19(20)22(30)26-17-6-8-18(9-7-17)29-21(24)16(14-23)15-25-29/h2-9,15H,10-13,24H2,1H3,(H,26,30). The highest BCUT2D eigenvalue weighted by Gasteiger charge is 2.20. The van der Waals surface area contributed by atoms with Crippen LogP contribution in [-0.2, 0) is 0 Å². The van der Waals surface area contributed by atoms with Gasteiger partial charge in [0, 0.05) is 37.6 Å². The number of carbonyl (C=O) groups excluding carboxylic acids is 1. The van der Waals surface area contributed by atoms with Crippen molar-refractivity contribution in [2.75, 3.05) is 49.2 Å². The summed E-state index contributed by atoms with van der Waals surface area (Å²) in [4.78, 5) is 17.5. The number of anilines is 3. The number of nitrogens with two attached hydrogens (primary N) is 1. The van der Waals surface area contributed by atoms with E-state index >= 15 is 0 Å². The van der Waals surface area contributed by atoms with Crippen molar-refractivity contribution < 1.29 is 4.79 Å². The number of aromatic nitrogens is 2. The van der Waals surface area contributed by atoms with E-state index in [0.29, 0.717) is 22.5 Å². The first-order chi connectivity index (χ1) is 14.6. The summed E-state index contributed by atoms with van der Waals surface area (Å²) in [5.41, 5.74) is 9.25. The van der Waals surface area contributed by atoms with Gasteiger partial charge in [-0.2, -0.15) is 10.4 Å². The Morgan fingerprint density at radius 3 is 2.47 bits per heavy atom. The Labute approximate surface area is 175 Å². The average Bonchev–Trinajstić information content (AvgIpc) is 3.15. The number of benzene rings is 2. The van der Waals surface area contributed by atoms with Crippen molar-refractivity contribution in [2.24, 2.45) is 0 Å². The van der Waals surface area contributed by atoms with Crippen LogP contribution in [0.15, 0.2) is 54.7 Å². The lowest BCUT2D eigenvalue weighted by molar-refractivity contribution is 0.102. The van der Waals surface area contributed by atoms with Crippen LogP contribution in [0.25, 0.3) is 5.69 Å². The van der Waals surface area contributed by atoms with E-state index in [1.54, 1.807) is 24.3 Å². The molecule has 0 radical (unpaired) electrons. The molecule has 0 aliphatic carbocycles. The molecule has 1 aliphatic heterocycles. The molecule has 0 spiro atoms. The predicted molar refractivity (Wildman–Crippen MR) is 117 cm³/mol. The van der Waals surface area contributed by atoms with E-state index < -0.39 is 0 Å². The van der Waals surface area contributed by atoms with Gasteiger partial charge in [0.15, 0.2) is 0 Å². The predicted octanol–water partition coefficient (Wildman–Crippen LogP) is 2.33. The van der Waals surface area contributed by atoms with Crippen molar-refractivity contribution in [3.63, 3.8) is 0 Å². The summed E-state index contributed by atoms with van der Waals surface area (Å²) in [7, 11) is 2.11. The van der Waals surface area contributed by atoms with E-state index in [1.165, 1.54) is 10.9 Å². The van der Waals surface area contributed by atoms with Gasteiger partial charge in [0.05, 0.1) is 17.4 Å². The van der Waals surface area contributed by atoms with Crippen LogP contribution in [0.4, 0.5) is 17.2 Å². The zero-order valence-electron chi connectivity index (χ0n) is 16.7. The summed E-state index contributed by atoms with van der Waals surface area (Å²) in [6, 6.07) is 16.9. The minimum absolute atomic E-state index is 0.150. The maximum Gasteiger partial charge on any atom is 0.257 e. The molecule has 1 saturated heterocycles. The summed E-state index contributed by atoms with van der Waals surface area (Å²) < 4.78 is 1.49. The third kappa shape index (κ3) is 3.83. The number of nitrogen functional groups attached to an aromatic ring is 1. The number of nitriles is 1. The molecule has 1 aliphatic rings. The van der Waals surface area contributed by atoms with E-state index in [4.69, 9.17) is 11.0 Å². The molecule has 0 atom stereocenters. The van der Waals surface area contributed by atoms with Crippen LogP contribution in [0.2, 0.25) is 0 Å².